The van der Waals surface area contributed by atoms with Gasteiger partial charge in [-0.2, -0.15) is 0 Å². The summed E-state index contributed by atoms with van der Waals surface area (Å²) >= 11 is 1.20. The summed E-state index contributed by atoms with van der Waals surface area (Å²) in [6.07, 6.45) is 0. The van der Waals surface area contributed by atoms with Gasteiger partial charge in [0, 0.05) is 0 Å². The van der Waals surface area contributed by atoms with E-state index in [2.05, 4.69) is 4.98 Å². The van der Waals surface area contributed by atoms with E-state index in [1.54, 1.807) is 6.92 Å². The van der Waals surface area contributed by atoms with Gasteiger partial charge < -0.3 is 9.52 Å². The van der Waals surface area contributed by atoms with Gasteiger partial charge in [0.25, 0.3) is 5.22 Å². The van der Waals surface area contributed by atoms with E-state index in [9.17, 15) is 0 Å². The van der Waals surface area contributed by atoms with Crippen LogP contribution < -0.4 is 0 Å². The van der Waals surface area contributed by atoms with Crippen molar-refractivity contribution in [1.29, 1.82) is 0 Å². The number of rotatable bonds is 2. The topological polar surface area (TPSA) is 46.3 Å². The Hall–Kier alpha value is -1.00. The first-order valence-electron chi connectivity index (χ1n) is 3.96. The molecule has 2 aromatic rings. The van der Waals surface area contributed by atoms with Crippen LogP contribution in [0.1, 0.15) is 6.92 Å². The van der Waals surface area contributed by atoms with Gasteiger partial charge in [0.2, 0.25) is 0 Å². The molecule has 0 aliphatic heterocycles. The molecule has 0 aliphatic carbocycles. The average molecular weight is 195 g/mol. The maximum absolute atomic E-state index is 9.09. The molecule has 0 fully saturated rings. The zero-order valence-corrected chi connectivity index (χ0v) is 7.91. The fourth-order valence-electron chi connectivity index (χ4n) is 1.05. The second-order valence-electron chi connectivity index (χ2n) is 2.66. The van der Waals surface area contributed by atoms with Crippen molar-refractivity contribution in [2.24, 2.45) is 0 Å². The van der Waals surface area contributed by atoms with Crippen LogP contribution in [-0.4, -0.2) is 15.5 Å². The van der Waals surface area contributed by atoms with Crippen LogP contribution in [0, 0.1) is 0 Å². The number of aliphatic hydroxyl groups is 1. The molecule has 2 rings (SSSR count). The van der Waals surface area contributed by atoms with Gasteiger partial charge in [0.05, 0.1) is 0 Å². The Morgan fingerprint density at radius 3 is 2.92 bits per heavy atom. The molecule has 1 N–H and O–H groups in total. The van der Waals surface area contributed by atoms with Gasteiger partial charge in [0.15, 0.2) is 5.58 Å². The maximum Gasteiger partial charge on any atom is 0.259 e. The molecular weight excluding hydrogens is 186 g/mol. The maximum atomic E-state index is 9.09. The number of nitrogens with zero attached hydrogens (tertiary/aromatic N) is 1. The molecule has 0 saturated carbocycles. The molecule has 68 valence electrons. The van der Waals surface area contributed by atoms with Crippen molar-refractivity contribution < 1.29 is 9.52 Å². The van der Waals surface area contributed by atoms with Gasteiger partial charge in [-0.1, -0.05) is 12.1 Å². The smallest absolute Gasteiger partial charge is 0.259 e. The Morgan fingerprint density at radius 2 is 2.23 bits per heavy atom. The first-order valence-corrected chi connectivity index (χ1v) is 4.84. The minimum absolute atomic E-state index is 0.493. The van der Waals surface area contributed by atoms with Crippen LogP contribution in [0.25, 0.3) is 11.1 Å². The molecular formula is C9H9NO2S. The Kier molecular flexibility index (Phi) is 2.24. The van der Waals surface area contributed by atoms with Crippen LogP contribution in [0.3, 0.4) is 0 Å². The average Bonchev–Trinajstić information content (AvgIpc) is 2.44. The van der Waals surface area contributed by atoms with E-state index in [0.29, 0.717) is 5.22 Å². The van der Waals surface area contributed by atoms with Crippen molar-refractivity contribution in [2.45, 2.75) is 17.6 Å². The lowest BCUT2D eigenvalue weighted by molar-refractivity contribution is 0.281. The quantitative estimate of drug-likeness (QED) is 0.589. The standard InChI is InChI=1S/C9H9NO2S/c1-6(11)13-9-10-7-4-2-3-5-8(7)12-9/h2-6,11H,1H3. The van der Waals surface area contributed by atoms with Crippen LogP contribution in [0.5, 0.6) is 0 Å². The number of hydrogen-bond donors (Lipinski definition) is 1. The predicted molar refractivity (Wildman–Crippen MR) is 51.5 cm³/mol. The Labute approximate surface area is 79.8 Å². The summed E-state index contributed by atoms with van der Waals surface area (Å²) in [5, 5.41) is 9.60. The lowest BCUT2D eigenvalue weighted by atomic mass is 10.3. The van der Waals surface area contributed by atoms with Crippen molar-refractivity contribution in [1.82, 2.24) is 4.98 Å². The Morgan fingerprint density at radius 1 is 1.46 bits per heavy atom. The van der Waals surface area contributed by atoms with E-state index in [4.69, 9.17) is 9.52 Å². The molecule has 0 spiro atoms. The summed E-state index contributed by atoms with van der Waals surface area (Å²) in [6.45, 7) is 1.68. The highest BCUT2D eigenvalue weighted by Crippen LogP contribution is 2.24. The summed E-state index contributed by atoms with van der Waals surface area (Å²) in [5.74, 6) is 0. The van der Waals surface area contributed by atoms with Gasteiger partial charge in [-0.05, 0) is 30.8 Å². The number of aromatic nitrogens is 1. The van der Waals surface area contributed by atoms with E-state index < -0.39 is 5.44 Å². The molecule has 3 nitrogen and oxygen atoms in total. The molecule has 0 aliphatic rings. The fraction of sp³-hybridized carbons (Fsp3) is 0.222. The van der Waals surface area contributed by atoms with Crippen LogP contribution >= 0.6 is 11.8 Å². The monoisotopic (exact) mass is 195 g/mol. The molecule has 1 atom stereocenters. The molecule has 1 aromatic carbocycles. The first kappa shape index (κ1) is 8.59. The second-order valence-corrected chi connectivity index (χ2v) is 3.93. The molecule has 1 heterocycles. The van der Waals surface area contributed by atoms with Gasteiger partial charge in [-0.15, -0.1) is 0 Å². The molecule has 4 heteroatoms. The number of hydrogen-bond acceptors (Lipinski definition) is 4. The SMILES string of the molecule is CC(O)Sc1nc2ccccc2o1. The van der Waals surface area contributed by atoms with Crippen molar-refractivity contribution in [3.8, 4) is 0 Å². The van der Waals surface area contributed by atoms with Crippen LogP contribution in [0.15, 0.2) is 33.9 Å². The lowest BCUT2D eigenvalue weighted by Crippen LogP contribution is -1.90. The molecule has 1 aromatic heterocycles. The highest BCUT2D eigenvalue weighted by molar-refractivity contribution is 7.99. The predicted octanol–water partition coefficient (Wildman–Crippen LogP) is 2.26. The minimum Gasteiger partial charge on any atom is -0.431 e. The second kappa shape index (κ2) is 3.40. The highest BCUT2D eigenvalue weighted by Gasteiger charge is 2.07. The summed E-state index contributed by atoms with van der Waals surface area (Å²) < 4.78 is 5.37. The summed E-state index contributed by atoms with van der Waals surface area (Å²) in [6, 6.07) is 7.53. The lowest BCUT2D eigenvalue weighted by Gasteiger charge is -1.95. The largest absolute Gasteiger partial charge is 0.431 e. The van der Waals surface area contributed by atoms with Gasteiger partial charge >= 0.3 is 0 Å². The zero-order chi connectivity index (χ0) is 9.26. The summed E-state index contributed by atoms with van der Waals surface area (Å²) in [7, 11) is 0. The number of benzene rings is 1. The molecule has 1 unspecified atom stereocenters. The fourth-order valence-corrected chi connectivity index (χ4v) is 1.63. The van der Waals surface area contributed by atoms with Gasteiger partial charge in [-0.3, -0.25) is 0 Å². The third-order valence-electron chi connectivity index (χ3n) is 1.55. The van der Waals surface area contributed by atoms with Crippen molar-refractivity contribution in [3.63, 3.8) is 0 Å². The molecule has 13 heavy (non-hydrogen) atoms. The zero-order valence-electron chi connectivity index (χ0n) is 7.10. The van der Waals surface area contributed by atoms with Gasteiger partial charge in [0.1, 0.15) is 11.0 Å². The Bertz CT molecular complexity index is 378. The number of aliphatic hydroxyl groups excluding tert-OH is 1. The number of thioether (sulfide) groups is 1. The van der Waals surface area contributed by atoms with Crippen molar-refractivity contribution >= 4 is 22.9 Å². The summed E-state index contributed by atoms with van der Waals surface area (Å²) in [5.41, 5.74) is 1.09. The van der Waals surface area contributed by atoms with Crippen molar-refractivity contribution in [3.05, 3.63) is 24.3 Å². The van der Waals surface area contributed by atoms with E-state index in [1.165, 1.54) is 11.8 Å². The molecule has 0 amide bonds. The van der Waals surface area contributed by atoms with Crippen molar-refractivity contribution in [2.75, 3.05) is 0 Å². The normalized spacial score (nSPS) is 13.4. The third kappa shape index (κ3) is 1.84. The van der Waals surface area contributed by atoms with E-state index >= 15 is 0 Å². The number of fused-ring (bicyclic) bond motifs is 1. The molecule has 0 saturated heterocycles. The van der Waals surface area contributed by atoms with E-state index in [0.717, 1.165) is 11.1 Å². The Balaban J connectivity index is 2.38. The first-order chi connectivity index (χ1) is 6.25. The molecule has 0 radical (unpaired) electrons. The third-order valence-corrected chi connectivity index (χ3v) is 2.26. The van der Waals surface area contributed by atoms with E-state index in [1.807, 2.05) is 24.3 Å². The van der Waals surface area contributed by atoms with Crippen LogP contribution in [0.2, 0.25) is 0 Å². The number of para-hydroxylation sites is 2. The van der Waals surface area contributed by atoms with Crippen LogP contribution in [0.4, 0.5) is 0 Å². The highest BCUT2D eigenvalue weighted by atomic mass is 32.2. The van der Waals surface area contributed by atoms with E-state index in [-0.39, 0.29) is 0 Å². The van der Waals surface area contributed by atoms with Gasteiger partial charge in [-0.25, -0.2) is 4.98 Å². The minimum atomic E-state index is -0.493. The van der Waals surface area contributed by atoms with Crippen LogP contribution in [-0.2, 0) is 0 Å². The summed E-state index contributed by atoms with van der Waals surface area (Å²) in [4.78, 5) is 4.19. The number of oxazole rings is 1. The molecule has 0 bridgehead atoms.